The van der Waals surface area contributed by atoms with Gasteiger partial charge in [0.1, 0.15) is 11.5 Å². The number of phenols is 1. The summed E-state index contributed by atoms with van der Waals surface area (Å²) in [4.78, 5) is 11.0. The van der Waals surface area contributed by atoms with Gasteiger partial charge in [0.05, 0.1) is 6.61 Å². The number of fused-ring (bicyclic) bond motifs is 1. The Morgan fingerprint density at radius 2 is 1.64 bits per heavy atom. The molecule has 178 valence electrons. The monoisotopic (exact) mass is 450 g/mol. The van der Waals surface area contributed by atoms with E-state index in [1.807, 2.05) is 6.07 Å². The highest BCUT2D eigenvalue weighted by Crippen LogP contribution is 2.50. The molecule has 0 heterocycles. The Kier molecular flexibility index (Phi) is 7.56. The van der Waals surface area contributed by atoms with Crippen molar-refractivity contribution in [2.75, 3.05) is 6.61 Å². The molecular formula is C29H38O4. The van der Waals surface area contributed by atoms with E-state index in [9.17, 15) is 9.90 Å². The van der Waals surface area contributed by atoms with Crippen LogP contribution in [0, 0.1) is 0 Å². The fourth-order valence-electron chi connectivity index (χ4n) is 4.68. The zero-order valence-electron chi connectivity index (χ0n) is 20.7. The van der Waals surface area contributed by atoms with E-state index in [2.05, 4.69) is 46.8 Å². The molecule has 1 aliphatic carbocycles. The van der Waals surface area contributed by atoms with Gasteiger partial charge in [-0.1, -0.05) is 59.9 Å². The number of carbonyl (C=O) groups is 1. The molecule has 2 N–H and O–H groups in total. The van der Waals surface area contributed by atoms with Crippen LogP contribution in [0.25, 0.3) is 17.2 Å². The Morgan fingerprint density at radius 1 is 0.970 bits per heavy atom. The second kappa shape index (κ2) is 10.0. The lowest BCUT2D eigenvalue weighted by Crippen LogP contribution is -2.34. The van der Waals surface area contributed by atoms with Crippen LogP contribution in [0.4, 0.5) is 0 Å². The molecule has 4 heteroatoms. The van der Waals surface area contributed by atoms with Crippen LogP contribution in [0.15, 0.2) is 36.4 Å². The first-order chi connectivity index (χ1) is 15.5. The van der Waals surface area contributed by atoms with Crippen molar-refractivity contribution in [2.24, 2.45) is 0 Å². The number of hydrogen-bond donors (Lipinski definition) is 2. The molecule has 3 rings (SSSR count). The molecule has 33 heavy (non-hydrogen) atoms. The van der Waals surface area contributed by atoms with E-state index in [4.69, 9.17) is 9.84 Å². The van der Waals surface area contributed by atoms with Gasteiger partial charge in [-0.3, -0.25) is 0 Å². The lowest BCUT2D eigenvalue weighted by atomic mass is 9.62. The van der Waals surface area contributed by atoms with Crippen LogP contribution in [0.1, 0.15) is 89.8 Å². The van der Waals surface area contributed by atoms with E-state index in [0.717, 1.165) is 48.6 Å². The van der Waals surface area contributed by atoms with Gasteiger partial charge >= 0.3 is 5.97 Å². The van der Waals surface area contributed by atoms with Gasteiger partial charge in [-0.05, 0) is 77.1 Å². The second-order valence-corrected chi connectivity index (χ2v) is 10.5. The highest BCUT2D eigenvalue weighted by molar-refractivity contribution is 5.86. The first-order valence-corrected chi connectivity index (χ1v) is 12.1. The van der Waals surface area contributed by atoms with Gasteiger partial charge in [0.2, 0.25) is 0 Å². The average Bonchev–Trinajstić information content (AvgIpc) is 2.76. The Balaban J connectivity index is 2.13. The van der Waals surface area contributed by atoms with Crippen molar-refractivity contribution in [3.05, 3.63) is 53.1 Å². The average molecular weight is 451 g/mol. The number of phenolic OH excluding ortho intramolecular Hbond substituents is 1. The minimum atomic E-state index is -1.00. The molecule has 4 nitrogen and oxygen atoms in total. The minimum absolute atomic E-state index is 0.0235. The highest BCUT2D eigenvalue weighted by atomic mass is 16.5. The van der Waals surface area contributed by atoms with Gasteiger partial charge in [-0.2, -0.15) is 0 Å². The standard InChI is InChI=1S/C29H38O4/c1-6-7-8-9-16-33-26-19-24-23(28(2,3)14-15-29(24,4)5)18-22(26)21-17-20(10-12-25(21)30)11-13-27(31)32/h10-13,17-19,30H,6-9,14-16H2,1-5H3,(H,31,32)/b13-11+. The summed E-state index contributed by atoms with van der Waals surface area (Å²) in [6.07, 6.45) is 9.36. The maximum absolute atomic E-state index is 11.0. The Labute approximate surface area is 198 Å². The summed E-state index contributed by atoms with van der Waals surface area (Å²) in [5.41, 5.74) is 4.92. The summed E-state index contributed by atoms with van der Waals surface area (Å²) in [6, 6.07) is 9.55. The SMILES string of the molecule is CCCCCCOc1cc2c(cc1-c1cc(/C=C/C(=O)O)ccc1O)C(C)(C)CCC2(C)C. The van der Waals surface area contributed by atoms with Crippen molar-refractivity contribution in [3.8, 4) is 22.6 Å². The Hall–Kier alpha value is -2.75. The molecule has 0 bridgehead atoms. The third-order valence-electron chi connectivity index (χ3n) is 6.94. The number of benzene rings is 2. The first-order valence-electron chi connectivity index (χ1n) is 12.1. The number of aliphatic carboxylic acids is 1. The third-order valence-corrected chi connectivity index (χ3v) is 6.94. The topological polar surface area (TPSA) is 66.8 Å². The largest absolute Gasteiger partial charge is 0.507 e. The van der Waals surface area contributed by atoms with Crippen LogP contribution in [-0.2, 0) is 15.6 Å². The fraction of sp³-hybridized carbons (Fsp3) is 0.483. The molecule has 0 aliphatic heterocycles. The molecule has 2 aromatic carbocycles. The maximum Gasteiger partial charge on any atom is 0.328 e. The molecule has 0 amide bonds. The first kappa shape index (κ1) is 24.9. The van der Waals surface area contributed by atoms with Crippen LogP contribution in [0.5, 0.6) is 11.5 Å². The van der Waals surface area contributed by atoms with E-state index in [1.165, 1.54) is 24.0 Å². The molecule has 0 unspecified atom stereocenters. The van der Waals surface area contributed by atoms with Gasteiger partial charge in [-0.15, -0.1) is 0 Å². The van der Waals surface area contributed by atoms with E-state index in [-0.39, 0.29) is 16.6 Å². The van der Waals surface area contributed by atoms with E-state index in [0.29, 0.717) is 12.2 Å². The van der Waals surface area contributed by atoms with Crippen molar-refractivity contribution in [3.63, 3.8) is 0 Å². The van der Waals surface area contributed by atoms with Crippen molar-refractivity contribution in [2.45, 2.75) is 84.0 Å². The second-order valence-electron chi connectivity index (χ2n) is 10.5. The molecule has 2 aromatic rings. The van der Waals surface area contributed by atoms with Crippen LogP contribution in [-0.4, -0.2) is 22.8 Å². The molecule has 0 saturated carbocycles. The number of unbranched alkanes of at least 4 members (excludes halogenated alkanes) is 3. The summed E-state index contributed by atoms with van der Waals surface area (Å²) in [7, 11) is 0. The van der Waals surface area contributed by atoms with E-state index < -0.39 is 5.97 Å². The maximum atomic E-state index is 11.0. The highest BCUT2D eigenvalue weighted by Gasteiger charge is 2.38. The lowest BCUT2D eigenvalue weighted by Gasteiger charge is -2.42. The number of ether oxygens (including phenoxy) is 1. The van der Waals surface area contributed by atoms with Crippen molar-refractivity contribution in [1.29, 1.82) is 0 Å². The zero-order chi connectivity index (χ0) is 24.2. The smallest absolute Gasteiger partial charge is 0.328 e. The Morgan fingerprint density at radius 3 is 2.27 bits per heavy atom. The molecule has 0 radical (unpaired) electrons. The zero-order valence-corrected chi connectivity index (χ0v) is 20.7. The fourth-order valence-corrected chi connectivity index (χ4v) is 4.68. The predicted octanol–water partition coefficient (Wildman–Crippen LogP) is 7.47. The van der Waals surface area contributed by atoms with Gasteiger partial charge in [0, 0.05) is 17.2 Å². The molecular weight excluding hydrogens is 412 g/mol. The van der Waals surface area contributed by atoms with Crippen molar-refractivity contribution < 1.29 is 19.7 Å². The van der Waals surface area contributed by atoms with Crippen molar-refractivity contribution >= 4 is 12.0 Å². The van der Waals surface area contributed by atoms with Crippen LogP contribution in [0.3, 0.4) is 0 Å². The summed E-state index contributed by atoms with van der Waals surface area (Å²) in [6.45, 7) is 12.0. The third kappa shape index (κ3) is 5.79. The van der Waals surface area contributed by atoms with Crippen molar-refractivity contribution in [1.82, 2.24) is 0 Å². The summed E-state index contributed by atoms with van der Waals surface area (Å²) in [5, 5.41) is 19.8. The van der Waals surface area contributed by atoms with Gasteiger partial charge in [0.25, 0.3) is 0 Å². The van der Waals surface area contributed by atoms with Crippen LogP contribution in [0.2, 0.25) is 0 Å². The van der Waals surface area contributed by atoms with E-state index in [1.54, 1.807) is 18.2 Å². The number of carboxylic acid groups (broad SMARTS) is 1. The lowest BCUT2D eigenvalue weighted by molar-refractivity contribution is -0.131. The summed E-state index contributed by atoms with van der Waals surface area (Å²) < 4.78 is 6.34. The molecule has 0 fully saturated rings. The van der Waals surface area contributed by atoms with Gasteiger partial charge in [0.15, 0.2) is 0 Å². The predicted molar refractivity (Wildman–Crippen MR) is 135 cm³/mol. The van der Waals surface area contributed by atoms with Gasteiger partial charge in [-0.25, -0.2) is 4.79 Å². The van der Waals surface area contributed by atoms with Gasteiger partial charge < -0.3 is 14.9 Å². The number of rotatable bonds is 9. The molecule has 0 atom stereocenters. The quantitative estimate of drug-likeness (QED) is 0.307. The molecule has 0 aromatic heterocycles. The molecule has 0 spiro atoms. The number of hydrogen-bond acceptors (Lipinski definition) is 3. The summed E-state index contributed by atoms with van der Waals surface area (Å²) >= 11 is 0. The Bertz CT molecular complexity index is 1030. The number of aromatic hydroxyl groups is 1. The van der Waals surface area contributed by atoms with Crippen LogP contribution < -0.4 is 4.74 Å². The molecule has 1 aliphatic rings. The minimum Gasteiger partial charge on any atom is -0.507 e. The molecule has 0 saturated heterocycles. The number of carboxylic acids is 1. The van der Waals surface area contributed by atoms with Crippen LogP contribution >= 0.6 is 0 Å². The van der Waals surface area contributed by atoms with E-state index >= 15 is 0 Å². The summed E-state index contributed by atoms with van der Waals surface area (Å²) in [5.74, 6) is -0.0599. The normalized spacial score (nSPS) is 16.5.